The van der Waals surface area contributed by atoms with Crippen molar-refractivity contribution in [2.24, 2.45) is 4.99 Å². The number of hydrogen-bond acceptors (Lipinski definition) is 6. The molecule has 4 heterocycles. The molecule has 1 amide bonds. The van der Waals surface area contributed by atoms with Crippen molar-refractivity contribution in [1.29, 1.82) is 0 Å². The minimum atomic E-state index is -0.0866. The van der Waals surface area contributed by atoms with Crippen LogP contribution in [0.4, 0.5) is 0 Å². The Morgan fingerprint density at radius 3 is 2.81 bits per heavy atom. The van der Waals surface area contributed by atoms with E-state index in [2.05, 4.69) is 33.6 Å². The third kappa shape index (κ3) is 6.01. The first-order chi connectivity index (χ1) is 17.5. The molecule has 4 rings (SSSR count). The Kier molecular flexibility index (Phi) is 8.17. The Labute approximate surface area is 212 Å². The van der Waals surface area contributed by atoms with Crippen LogP contribution in [0.5, 0.6) is 0 Å². The average molecular weight is 488 g/mol. The van der Waals surface area contributed by atoms with Crippen molar-refractivity contribution in [3.05, 3.63) is 89.4 Å². The van der Waals surface area contributed by atoms with E-state index in [-0.39, 0.29) is 5.91 Å². The Morgan fingerprint density at radius 2 is 2.08 bits per heavy atom. The number of carbonyl (C=O) groups is 1. The van der Waals surface area contributed by atoms with Crippen LogP contribution in [0, 0.1) is 0 Å². The number of ether oxygens (including phenoxy) is 2. The lowest BCUT2D eigenvalue weighted by molar-refractivity contribution is -0.116. The number of hydrogen-bond donors (Lipinski definition) is 1. The lowest BCUT2D eigenvalue weighted by Crippen LogP contribution is -2.36. The van der Waals surface area contributed by atoms with E-state index in [1.54, 1.807) is 10.8 Å². The van der Waals surface area contributed by atoms with E-state index >= 15 is 0 Å². The number of aromatic nitrogens is 2. The molecule has 8 heteroatoms. The number of rotatable bonds is 8. The molecule has 0 radical (unpaired) electrons. The summed E-state index contributed by atoms with van der Waals surface area (Å²) in [6.45, 7) is 15.3. The van der Waals surface area contributed by atoms with Crippen molar-refractivity contribution in [3.8, 4) is 0 Å². The average Bonchev–Trinajstić information content (AvgIpc) is 3.56. The molecule has 36 heavy (non-hydrogen) atoms. The van der Waals surface area contributed by atoms with Crippen LogP contribution in [0.3, 0.4) is 0 Å². The van der Waals surface area contributed by atoms with E-state index in [4.69, 9.17) is 9.47 Å². The van der Waals surface area contributed by atoms with Crippen molar-refractivity contribution in [2.75, 3.05) is 32.8 Å². The van der Waals surface area contributed by atoms with Gasteiger partial charge in [-0.1, -0.05) is 30.4 Å². The molecule has 1 aromatic heterocycles. The summed E-state index contributed by atoms with van der Waals surface area (Å²) >= 11 is 0. The summed E-state index contributed by atoms with van der Waals surface area (Å²) in [7, 11) is 0. The maximum atomic E-state index is 11.8. The van der Waals surface area contributed by atoms with Crippen LogP contribution in [0.25, 0.3) is 11.4 Å². The Morgan fingerprint density at radius 1 is 1.28 bits per heavy atom. The van der Waals surface area contributed by atoms with E-state index in [0.717, 1.165) is 59.1 Å². The van der Waals surface area contributed by atoms with Crippen molar-refractivity contribution in [1.82, 2.24) is 20.0 Å². The van der Waals surface area contributed by atoms with Gasteiger partial charge in [-0.05, 0) is 44.7 Å². The molecule has 0 unspecified atom stereocenters. The first-order valence-corrected chi connectivity index (χ1v) is 12.2. The molecule has 3 aliphatic rings. The van der Waals surface area contributed by atoms with E-state index in [1.807, 2.05) is 56.5 Å². The Hall–Kier alpha value is -3.91. The lowest BCUT2D eigenvalue weighted by Gasteiger charge is -2.31. The third-order valence-corrected chi connectivity index (χ3v) is 6.07. The van der Waals surface area contributed by atoms with Gasteiger partial charge in [0.05, 0.1) is 24.6 Å². The largest absolute Gasteiger partial charge is 0.459 e. The van der Waals surface area contributed by atoms with Crippen LogP contribution in [-0.4, -0.2) is 60.2 Å². The van der Waals surface area contributed by atoms with E-state index in [0.29, 0.717) is 32.0 Å². The highest BCUT2D eigenvalue weighted by Gasteiger charge is 2.25. The highest BCUT2D eigenvalue weighted by Crippen LogP contribution is 2.33. The molecule has 1 fully saturated rings. The van der Waals surface area contributed by atoms with Gasteiger partial charge >= 0.3 is 0 Å². The standard InChI is InChI=1S/C28H33N5O3/c1-5-6-20(2)17-21(3)23-10-12-33(31-23)27(29-4)19-24(32-13-15-35-16-14-32)26-8-7-25(36-26)22-9-11-30-28(34)18-22/h5-7,10,12,17-19H,3-4,8-9,11,13-16H2,1-2H3,(H,30,34)/b6-5-,20-17-,26-24-,27-19+. The minimum absolute atomic E-state index is 0.0866. The zero-order valence-corrected chi connectivity index (χ0v) is 21.0. The van der Waals surface area contributed by atoms with E-state index < -0.39 is 0 Å². The summed E-state index contributed by atoms with van der Waals surface area (Å²) in [6.07, 6.45) is 14.8. The maximum absolute atomic E-state index is 11.8. The SMILES string of the molecule is C=N/C(=C\C(=C1/CC=C(C2=CC(=O)NCC2)O1)N1CCOCC1)n1ccc(C(=C)/C=C(C)\C=C/C)n1. The van der Waals surface area contributed by atoms with Gasteiger partial charge in [0, 0.05) is 50.0 Å². The van der Waals surface area contributed by atoms with Gasteiger partial charge in [-0.3, -0.25) is 4.79 Å². The van der Waals surface area contributed by atoms with Crippen LogP contribution in [0.1, 0.15) is 32.4 Å². The first kappa shape index (κ1) is 25.2. The van der Waals surface area contributed by atoms with E-state index in [9.17, 15) is 4.79 Å². The molecule has 0 aliphatic carbocycles. The first-order valence-electron chi connectivity index (χ1n) is 12.2. The normalized spacial score (nSPS) is 20.6. The molecular weight excluding hydrogens is 454 g/mol. The number of nitrogens with one attached hydrogen (secondary N) is 1. The fourth-order valence-electron chi connectivity index (χ4n) is 4.29. The summed E-state index contributed by atoms with van der Waals surface area (Å²) in [4.78, 5) is 18.3. The molecule has 0 saturated carbocycles. The summed E-state index contributed by atoms with van der Waals surface area (Å²) in [5.41, 5.74) is 4.50. The van der Waals surface area contributed by atoms with Crippen LogP contribution < -0.4 is 5.32 Å². The summed E-state index contributed by atoms with van der Waals surface area (Å²) in [5, 5.41) is 7.50. The van der Waals surface area contributed by atoms with Gasteiger partial charge in [-0.2, -0.15) is 5.10 Å². The van der Waals surface area contributed by atoms with Crippen molar-refractivity contribution < 1.29 is 14.3 Å². The summed E-state index contributed by atoms with van der Waals surface area (Å²) in [5.74, 6) is 2.04. The van der Waals surface area contributed by atoms with Crippen LogP contribution >= 0.6 is 0 Å². The predicted molar refractivity (Wildman–Crippen MR) is 143 cm³/mol. The van der Waals surface area contributed by atoms with Crippen LogP contribution in [0.2, 0.25) is 0 Å². The van der Waals surface area contributed by atoms with Gasteiger partial charge in [0.25, 0.3) is 0 Å². The molecular formula is C28H33N5O3. The molecule has 0 atom stereocenters. The zero-order valence-electron chi connectivity index (χ0n) is 21.0. The molecule has 1 aromatic rings. The molecule has 3 aliphatic heterocycles. The fraction of sp³-hybridized carbons (Fsp3) is 0.321. The second-order valence-electron chi connectivity index (χ2n) is 8.71. The maximum Gasteiger partial charge on any atom is 0.244 e. The molecule has 188 valence electrons. The lowest BCUT2D eigenvalue weighted by atomic mass is 10.1. The number of allylic oxidation sites excluding steroid dienone is 8. The number of aliphatic imine (C=N–C) groups is 1. The zero-order chi connectivity index (χ0) is 25.5. The highest BCUT2D eigenvalue weighted by atomic mass is 16.5. The van der Waals surface area contributed by atoms with Gasteiger partial charge in [-0.25, -0.2) is 9.67 Å². The predicted octanol–water partition coefficient (Wildman–Crippen LogP) is 4.21. The van der Waals surface area contributed by atoms with Crippen LogP contribution in [0.15, 0.2) is 88.7 Å². The minimum Gasteiger partial charge on any atom is -0.459 e. The molecule has 1 saturated heterocycles. The molecule has 0 bridgehead atoms. The smallest absolute Gasteiger partial charge is 0.244 e. The molecule has 0 spiro atoms. The van der Waals surface area contributed by atoms with Gasteiger partial charge in [0.1, 0.15) is 11.5 Å². The third-order valence-electron chi connectivity index (χ3n) is 6.07. The van der Waals surface area contributed by atoms with Crippen molar-refractivity contribution in [3.63, 3.8) is 0 Å². The topological polar surface area (TPSA) is 81.0 Å². The van der Waals surface area contributed by atoms with Crippen molar-refractivity contribution >= 4 is 24.0 Å². The molecule has 1 N–H and O–H groups in total. The highest BCUT2D eigenvalue weighted by molar-refractivity contribution is 5.89. The van der Waals surface area contributed by atoms with Gasteiger partial charge in [0.2, 0.25) is 5.91 Å². The van der Waals surface area contributed by atoms with Crippen molar-refractivity contribution in [2.45, 2.75) is 26.7 Å². The fourth-order valence-corrected chi connectivity index (χ4v) is 4.29. The molecule has 0 aromatic carbocycles. The number of carbonyl (C=O) groups excluding carboxylic acids is 1. The second kappa shape index (κ2) is 11.7. The second-order valence-corrected chi connectivity index (χ2v) is 8.71. The van der Waals surface area contributed by atoms with E-state index in [1.165, 1.54) is 0 Å². The summed E-state index contributed by atoms with van der Waals surface area (Å²) in [6, 6.07) is 1.91. The van der Waals surface area contributed by atoms with Gasteiger partial charge < -0.3 is 19.7 Å². The number of amides is 1. The number of nitrogens with zero attached hydrogens (tertiary/aromatic N) is 4. The van der Waals surface area contributed by atoms with Gasteiger partial charge in [-0.15, -0.1) is 0 Å². The Balaban J connectivity index is 1.64. The van der Waals surface area contributed by atoms with Crippen LogP contribution in [-0.2, 0) is 14.3 Å². The Bertz CT molecular complexity index is 1220. The monoisotopic (exact) mass is 487 g/mol. The van der Waals surface area contributed by atoms with Gasteiger partial charge in [0.15, 0.2) is 5.82 Å². The number of morpholine rings is 1. The summed E-state index contributed by atoms with van der Waals surface area (Å²) < 4.78 is 13.6. The quantitative estimate of drug-likeness (QED) is 0.439. The molecule has 8 nitrogen and oxygen atoms in total.